The minimum atomic E-state index is 0.0351. The number of nitrogens with zero attached hydrogens (tertiary/aromatic N) is 3. The maximum Gasteiger partial charge on any atom is 0.252 e. The van der Waals surface area contributed by atoms with Crippen LogP contribution in [0.2, 0.25) is 0 Å². The number of rotatable bonds is 9. The van der Waals surface area contributed by atoms with E-state index in [1.54, 1.807) is 6.08 Å². The van der Waals surface area contributed by atoms with Crippen molar-refractivity contribution in [3.63, 3.8) is 0 Å². The van der Waals surface area contributed by atoms with Gasteiger partial charge in [-0.2, -0.15) is 0 Å². The van der Waals surface area contributed by atoms with Crippen LogP contribution in [0.5, 0.6) is 0 Å². The largest absolute Gasteiger partial charge is 0.384 e. The zero-order valence-corrected chi connectivity index (χ0v) is 20.8. The van der Waals surface area contributed by atoms with Gasteiger partial charge in [0.25, 0.3) is 5.91 Å². The van der Waals surface area contributed by atoms with Crippen LogP contribution < -0.4 is 10.6 Å². The van der Waals surface area contributed by atoms with Gasteiger partial charge in [0, 0.05) is 42.2 Å². The molecule has 6 nitrogen and oxygen atoms in total. The van der Waals surface area contributed by atoms with Gasteiger partial charge in [-0.1, -0.05) is 25.8 Å². The molecule has 6 heteroatoms. The highest BCUT2D eigenvalue weighted by Gasteiger charge is 2.32. The van der Waals surface area contributed by atoms with E-state index < -0.39 is 0 Å². The van der Waals surface area contributed by atoms with Crippen LogP contribution in [0.3, 0.4) is 0 Å². The molecule has 1 aromatic carbocycles. The Labute approximate surface area is 199 Å². The van der Waals surface area contributed by atoms with Crippen molar-refractivity contribution in [1.29, 1.82) is 0 Å². The van der Waals surface area contributed by atoms with E-state index in [-0.39, 0.29) is 11.9 Å². The summed E-state index contributed by atoms with van der Waals surface area (Å²) in [6.07, 6.45) is 10.9. The second-order valence-electron chi connectivity index (χ2n) is 9.07. The van der Waals surface area contributed by atoms with Crippen LogP contribution in [0.4, 0.5) is 11.4 Å². The van der Waals surface area contributed by atoms with Gasteiger partial charge < -0.3 is 15.5 Å². The van der Waals surface area contributed by atoms with Crippen LogP contribution in [0.1, 0.15) is 52.9 Å². The third-order valence-corrected chi connectivity index (χ3v) is 6.32. The van der Waals surface area contributed by atoms with Crippen molar-refractivity contribution >= 4 is 23.1 Å². The normalized spacial score (nSPS) is 20.2. The van der Waals surface area contributed by atoms with Crippen molar-refractivity contribution in [3.05, 3.63) is 59.5 Å². The Morgan fingerprint density at radius 1 is 1.15 bits per heavy atom. The summed E-state index contributed by atoms with van der Waals surface area (Å²) in [5.74, 6) is 1.60. The Morgan fingerprint density at radius 3 is 2.42 bits per heavy atom. The molecule has 3 rings (SSSR count). The van der Waals surface area contributed by atoms with Crippen molar-refractivity contribution in [3.8, 4) is 0 Å². The number of anilines is 2. The zero-order chi connectivity index (χ0) is 23.8. The Balaban J connectivity index is 1.86. The lowest BCUT2D eigenvalue weighted by atomic mass is 10.1. The summed E-state index contributed by atoms with van der Waals surface area (Å²) in [6, 6.07) is 8.53. The van der Waals surface area contributed by atoms with E-state index in [9.17, 15) is 4.79 Å². The molecule has 1 aromatic rings. The summed E-state index contributed by atoms with van der Waals surface area (Å²) >= 11 is 0. The molecule has 0 spiro atoms. The van der Waals surface area contributed by atoms with Crippen molar-refractivity contribution < 1.29 is 4.79 Å². The van der Waals surface area contributed by atoms with E-state index in [0.717, 1.165) is 66.5 Å². The molecule has 0 atom stereocenters. The lowest BCUT2D eigenvalue weighted by molar-refractivity contribution is -0.124. The van der Waals surface area contributed by atoms with Crippen LogP contribution in [0.15, 0.2) is 64.5 Å². The fraction of sp³-hybridized carbons (Fsp3) is 0.481. The number of hydrogen-bond donors (Lipinski definition) is 2. The van der Waals surface area contributed by atoms with Gasteiger partial charge in [0.2, 0.25) is 0 Å². The Morgan fingerprint density at radius 2 is 1.82 bits per heavy atom. The molecule has 0 saturated heterocycles. The van der Waals surface area contributed by atoms with E-state index in [0.29, 0.717) is 0 Å². The minimum absolute atomic E-state index is 0.0351. The molecule has 0 unspecified atom stereocenters. The molecule has 1 aliphatic heterocycles. The molecule has 1 amide bonds. The van der Waals surface area contributed by atoms with Crippen molar-refractivity contribution in [2.45, 2.75) is 58.9 Å². The van der Waals surface area contributed by atoms with Gasteiger partial charge >= 0.3 is 0 Å². The van der Waals surface area contributed by atoms with Gasteiger partial charge in [-0.3, -0.25) is 9.69 Å². The van der Waals surface area contributed by atoms with Gasteiger partial charge in [-0.15, -0.1) is 0 Å². The summed E-state index contributed by atoms with van der Waals surface area (Å²) in [7, 11) is 4.14. The van der Waals surface area contributed by atoms with Crippen LogP contribution in [-0.4, -0.2) is 54.8 Å². The number of benzene rings is 1. The number of nitrogens with one attached hydrogen (secondary N) is 2. The van der Waals surface area contributed by atoms with E-state index >= 15 is 0 Å². The number of likely N-dealkylation sites (N-methyl/N-ethyl adjacent to an activating group) is 1. The van der Waals surface area contributed by atoms with Crippen molar-refractivity contribution in [2.75, 3.05) is 37.8 Å². The predicted molar refractivity (Wildman–Crippen MR) is 140 cm³/mol. The number of carbonyl (C=O) groups excluding carboxylic acids is 1. The van der Waals surface area contributed by atoms with E-state index in [2.05, 4.69) is 67.7 Å². The molecular formula is C27H39N5O. The van der Waals surface area contributed by atoms with Gasteiger partial charge in [0.1, 0.15) is 11.7 Å². The van der Waals surface area contributed by atoms with E-state index in [1.807, 2.05) is 24.0 Å². The summed E-state index contributed by atoms with van der Waals surface area (Å²) < 4.78 is 0. The second kappa shape index (κ2) is 11.8. The summed E-state index contributed by atoms with van der Waals surface area (Å²) in [5, 5.41) is 6.96. The fourth-order valence-electron chi connectivity index (χ4n) is 4.15. The van der Waals surface area contributed by atoms with Crippen LogP contribution in [0, 0.1) is 0 Å². The van der Waals surface area contributed by atoms with Crippen LogP contribution >= 0.6 is 0 Å². The first-order chi connectivity index (χ1) is 15.9. The summed E-state index contributed by atoms with van der Waals surface area (Å²) in [5.41, 5.74) is 4.22. The minimum Gasteiger partial charge on any atom is -0.384 e. The summed E-state index contributed by atoms with van der Waals surface area (Å²) in [4.78, 5) is 22.0. The maximum atomic E-state index is 12.9. The van der Waals surface area contributed by atoms with Gasteiger partial charge in [0.05, 0.1) is 0 Å². The third kappa shape index (κ3) is 6.57. The second-order valence-corrected chi connectivity index (χ2v) is 9.07. The lowest BCUT2D eigenvalue weighted by Gasteiger charge is -2.32. The highest BCUT2D eigenvalue weighted by Crippen LogP contribution is 2.29. The molecule has 1 heterocycles. The molecule has 2 aliphatic rings. The van der Waals surface area contributed by atoms with Crippen LogP contribution in [-0.2, 0) is 4.79 Å². The molecule has 0 aromatic heterocycles. The standard InChI is InChI=1S/C27H39N5O/c1-6-20(3)26(29-23-15-13-22(14-16-23)28-18-19-31(4)5)30-27-21(7-2)12-17-25(33)32(27)24-10-8-9-11-24/h7,12-17,24,28-29H,6,8-11,18-19H2,1-5H3/b21-7-,26-20+,30-27+. The molecule has 1 saturated carbocycles. The number of amides is 1. The molecule has 0 bridgehead atoms. The highest BCUT2D eigenvalue weighted by atomic mass is 16.2. The van der Waals surface area contributed by atoms with E-state index in [4.69, 9.17) is 4.99 Å². The molecule has 33 heavy (non-hydrogen) atoms. The third-order valence-electron chi connectivity index (χ3n) is 6.32. The lowest BCUT2D eigenvalue weighted by Crippen LogP contribution is -2.45. The van der Waals surface area contributed by atoms with Gasteiger partial charge in [-0.05, 0) is 83.1 Å². The number of hydrogen-bond acceptors (Lipinski definition) is 5. The topological polar surface area (TPSA) is 60.0 Å². The molecule has 1 aliphatic carbocycles. The molecular weight excluding hydrogens is 410 g/mol. The van der Waals surface area contributed by atoms with Gasteiger partial charge in [-0.25, -0.2) is 4.99 Å². The summed E-state index contributed by atoms with van der Waals surface area (Å²) in [6.45, 7) is 8.12. The predicted octanol–water partition coefficient (Wildman–Crippen LogP) is 5.40. The number of amidine groups is 1. The Kier molecular flexibility index (Phi) is 8.89. The van der Waals surface area contributed by atoms with Gasteiger partial charge in [0.15, 0.2) is 0 Å². The number of carbonyl (C=O) groups is 1. The Bertz CT molecular complexity index is 934. The van der Waals surface area contributed by atoms with Crippen molar-refractivity contribution in [2.24, 2.45) is 4.99 Å². The van der Waals surface area contributed by atoms with E-state index in [1.165, 1.54) is 12.8 Å². The van der Waals surface area contributed by atoms with Crippen LogP contribution in [0.25, 0.3) is 0 Å². The monoisotopic (exact) mass is 449 g/mol. The quantitative estimate of drug-likeness (QED) is 0.530. The molecule has 2 N–H and O–H groups in total. The average molecular weight is 450 g/mol. The maximum absolute atomic E-state index is 12.9. The molecule has 1 fully saturated rings. The first-order valence-corrected chi connectivity index (χ1v) is 12.1. The highest BCUT2D eigenvalue weighted by molar-refractivity contribution is 6.16. The van der Waals surface area contributed by atoms with Crippen molar-refractivity contribution in [1.82, 2.24) is 9.80 Å². The fourth-order valence-corrected chi connectivity index (χ4v) is 4.15. The zero-order valence-electron chi connectivity index (χ0n) is 20.8. The number of allylic oxidation sites excluding steroid dienone is 2. The first-order valence-electron chi connectivity index (χ1n) is 12.1. The SMILES string of the molecule is C/C=C1/C=CC(=O)N(C2CCCC2)/C1=N/C(Nc1ccc(NCCN(C)C)cc1)=C(\C)CC. The Hall–Kier alpha value is -2.86. The average Bonchev–Trinajstić information content (AvgIpc) is 3.33. The molecule has 178 valence electrons. The first kappa shape index (κ1) is 24.8. The smallest absolute Gasteiger partial charge is 0.252 e. The number of aliphatic imine (C=N–C) groups is 1. The molecule has 0 radical (unpaired) electrons.